The minimum absolute atomic E-state index is 0.234. The van der Waals surface area contributed by atoms with Crippen LogP contribution in [-0.2, 0) is 4.74 Å². The lowest BCUT2D eigenvalue weighted by Crippen LogP contribution is -2.24. The Bertz CT molecular complexity index is 589. The Hall–Kier alpha value is -1.99. The highest BCUT2D eigenvalue weighted by atomic mass is 16.5. The number of anilines is 2. The van der Waals surface area contributed by atoms with E-state index in [4.69, 9.17) is 14.9 Å². The number of aromatic nitrogens is 1. The number of methoxy groups -OCH3 is 1. The fourth-order valence-electron chi connectivity index (χ4n) is 1.65. The molecule has 1 heterocycles. The van der Waals surface area contributed by atoms with Gasteiger partial charge in [0.1, 0.15) is 0 Å². The standard InChI is InChI=1S/C11H15N3O4/c1-17-5-6(15)4-13-8-3-9-10(2-7(8)12)18-11(16)14-9/h2-3,6,13,15H,4-5,12H2,1H3,(H,14,16). The minimum atomic E-state index is -0.631. The monoisotopic (exact) mass is 253 g/mol. The van der Waals surface area contributed by atoms with Crippen molar-refractivity contribution in [2.45, 2.75) is 6.10 Å². The van der Waals surface area contributed by atoms with Gasteiger partial charge in [0, 0.05) is 19.7 Å². The number of nitrogens with two attached hydrogens (primary N) is 1. The first kappa shape index (κ1) is 12.5. The number of aliphatic hydroxyl groups excluding tert-OH is 1. The molecule has 0 radical (unpaired) electrons. The van der Waals surface area contributed by atoms with Crippen LogP contribution in [0.15, 0.2) is 21.3 Å². The molecule has 1 aromatic carbocycles. The summed E-state index contributed by atoms with van der Waals surface area (Å²) in [7, 11) is 1.51. The van der Waals surface area contributed by atoms with E-state index in [0.29, 0.717) is 29.0 Å². The number of aromatic amines is 1. The van der Waals surface area contributed by atoms with E-state index in [0.717, 1.165) is 0 Å². The molecule has 98 valence electrons. The Morgan fingerprint density at radius 3 is 3.11 bits per heavy atom. The number of benzene rings is 1. The van der Waals surface area contributed by atoms with Gasteiger partial charge in [-0.2, -0.15) is 0 Å². The molecule has 0 saturated carbocycles. The molecular weight excluding hydrogens is 238 g/mol. The van der Waals surface area contributed by atoms with Crippen LogP contribution in [0.3, 0.4) is 0 Å². The third kappa shape index (κ3) is 2.63. The SMILES string of the molecule is COCC(O)CNc1cc2[nH]c(=O)oc2cc1N. The maximum atomic E-state index is 11.0. The van der Waals surface area contributed by atoms with E-state index >= 15 is 0 Å². The first-order valence-corrected chi connectivity index (χ1v) is 5.43. The zero-order chi connectivity index (χ0) is 13.1. The largest absolute Gasteiger partial charge is 0.417 e. The molecule has 0 saturated heterocycles. The molecular formula is C11H15N3O4. The lowest BCUT2D eigenvalue weighted by molar-refractivity contribution is 0.0728. The number of aliphatic hydroxyl groups is 1. The Kier molecular flexibility index (Phi) is 3.54. The number of oxazole rings is 1. The number of hydrogen-bond acceptors (Lipinski definition) is 6. The molecule has 2 rings (SSSR count). The molecule has 1 atom stereocenters. The van der Waals surface area contributed by atoms with Gasteiger partial charge in [-0.05, 0) is 6.07 Å². The van der Waals surface area contributed by atoms with E-state index in [1.165, 1.54) is 7.11 Å². The van der Waals surface area contributed by atoms with E-state index in [1.807, 2.05) is 0 Å². The van der Waals surface area contributed by atoms with E-state index in [2.05, 4.69) is 10.3 Å². The van der Waals surface area contributed by atoms with Gasteiger partial charge in [0.2, 0.25) is 0 Å². The quantitative estimate of drug-likeness (QED) is 0.563. The van der Waals surface area contributed by atoms with Crippen LogP contribution in [0.5, 0.6) is 0 Å². The predicted octanol–water partition coefficient (Wildman–Crippen LogP) is 0.122. The van der Waals surface area contributed by atoms with Crippen molar-refractivity contribution in [3.05, 3.63) is 22.7 Å². The first-order chi connectivity index (χ1) is 8.60. The molecule has 0 amide bonds. The van der Waals surface area contributed by atoms with Crippen molar-refractivity contribution in [2.75, 3.05) is 31.3 Å². The van der Waals surface area contributed by atoms with Gasteiger partial charge in [0.25, 0.3) is 0 Å². The summed E-state index contributed by atoms with van der Waals surface area (Å²) in [5, 5.41) is 12.5. The number of rotatable bonds is 5. The topological polar surface area (TPSA) is 114 Å². The van der Waals surface area contributed by atoms with Crippen molar-refractivity contribution >= 4 is 22.5 Å². The maximum absolute atomic E-state index is 11.0. The smallest absolute Gasteiger partial charge is 0.408 e. The van der Waals surface area contributed by atoms with Crippen molar-refractivity contribution < 1.29 is 14.3 Å². The fraction of sp³-hybridized carbons (Fsp3) is 0.364. The number of ether oxygens (including phenoxy) is 1. The van der Waals surface area contributed by atoms with Gasteiger partial charge in [0.15, 0.2) is 5.58 Å². The van der Waals surface area contributed by atoms with Gasteiger partial charge in [-0.3, -0.25) is 4.98 Å². The summed E-state index contributed by atoms with van der Waals surface area (Å²) in [6, 6.07) is 3.22. The number of hydrogen-bond donors (Lipinski definition) is 4. The van der Waals surface area contributed by atoms with Crippen LogP contribution >= 0.6 is 0 Å². The molecule has 2 aromatic rings. The summed E-state index contributed by atoms with van der Waals surface area (Å²) in [5.41, 5.74) is 7.82. The summed E-state index contributed by atoms with van der Waals surface area (Å²) < 4.78 is 9.69. The Morgan fingerprint density at radius 1 is 1.61 bits per heavy atom. The zero-order valence-electron chi connectivity index (χ0n) is 9.90. The highest BCUT2D eigenvalue weighted by molar-refractivity contribution is 5.85. The summed E-state index contributed by atoms with van der Waals surface area (Å²) >= 11 is 0. The van der Waals surface area contributed by atoms with E-state index in [9.17, 15) is 9.90 Å². The van der Waals surface area contributed by atoms with E-state index in [1.54, 1.807) is 12.1 Å². The lowest BCUT2D eigenvalue weighted by atomic mass is 10.2. The summed E-state index contributed by atoms with van der Waals surface area (Å²) in [6.45, 7) is 0.531. The molecule has 0 aliphatic carbocycles. The third-order valence-electron chi connectivity index (χ3n) is 2.48. The second kappa shape index (κ2) is 5.11. The molecule has 5 N–H and O–H groups in total. The minimum Gasteiger partial charge on any atom is -0.408 e. The second-order valence-corrected chi connectivity index (χ2v) is 3.94. The van der Waals surface area contributed by atoms with Crippen LogP contribution < -0.4 is 16.8 Å². The number of H-pyrrole nitrogens is 1. The van der Waals surface area contributed by atoms with Gasteiger partial charge >= 0.3 is 5.76 Å². The number of fused-ring (bicyclic) bond motifs is 1. The Labute approximate surface area is 103 Å². The van der Waals surface area contributed by atoms with Crippen LogP contribution in [0, 0.1) is 0 Å². The van der Waals surface area contributed by atoms with Crippen molar-refractivity contribution in [3.8, 4) is 0 Å². The molecule has 7 heteroatoms. The summed E-state index contributed by atoms with van der Waals surface area (Å²) in [4.78, 5) is 13.6. The first-order valence-electron chi connectivity index (χ1n) is 5.43. The fourth-order valence-corrected chi connectivity index (χ4v) is 1.65. The predicted molar refractivity (Wildman–Crippen MR) is 67.6 cm³/mol. The van der Waals surface area contributed by atoms with Gasteiger partial charge in [0.05, 0.1) is 29.6 Å². The average molecular weight is 253 g/mol. The van der Waals surface area contributed by atoms with Crippen LogP contribution in [0.25, 0.3) is 11.1 Å². The average Bonchev–Trinajstić information content (AvgIpc) is 2.65. The number of nitrogens with one attached hydrogen (secondary N) is 2. The zero-order valence-corrected chi connectivity index (χ0v) is 9.90. The second-order valence-electron chi connectivity index (χ2n) is 3.94. The van der Waals surface area contributed by atoms with Crippen molar-refractivity contribution in [1.82, 2.24) is 4.98 Å². The number of nitrogen functional groups attached to an aromatic ring is 1. The molecule has 0 spiro atoms. The van der Waals surface area contributed by atoms with Gasteiger partial charge < -0.3 is 25.3 Å². The Morgan fingerprint density at radius 2 is 2.39 bits per heavy atom. The molecule has 18 heavy (non-hydrogen) atoms. The molecule has 0 bridgehead atoms. The van der Waals surface area contributed by atoms with Gasteiger partial charge in [-0.15, -0.1) is 0 Å². The van der Waals surface area contributed by atoms with Crippen LogP contribution in [-0.4, -0.2) is 36.5 Å². The maximum Gasteiger partial charge on any atom is 0.417 e. The van der Waals surface area contributed by atoms with Crippen molar-refractivity contribution in [2.24, 2.45) is 0 Å². The molecule has 1 unspecified atom stereocenters. The lowest BCUT2D eigenvalue weighted by Gasteiger charge is -2.13. The third-order valence-corrected chi connectivity index (χ3v) is 2.48. The van der Waals surface area contributed by atoms with E-state index < -0.39 is 11.9 Å². The van der Waals surface area contributed by atoms with Crippen molar-refractivity contribution in [3.63, 3.8) is 0 Å². The Balaban J connectivity index is 2.17. The summed E-state index contributed by atoms with van der Waals surface area (Å²) in [6.07, 6.45) is -0.631. The summed E-state index contributed by atoms with van der Waals surface area (Å²) in [5.74, 6) is -0.527. The molecule has 0 aliphatic rings. The molecule has 1 aromatic heterocycles. The van der Waals surface area contributed by atoms with Crippen LogP contribution in [0.1, 0.15) is 0 Å². The van der Waals surface area contributed by atoms with E-state index in [-0.39, 0.29) is 6.61 Å². The highest BCUT2D eigenvalue weighted by Crippen LogP contribution is 2.24. The highest BCUT2D eigenvalue weighted by Gasteiger charge is 2.08. The molecule has 7 nitrogen and oxygen atoms in total. The van der Waals surface area contributed by atoms with Gasteiger partial charge in [-0.25, -0.2) is 4.79 Å². The van der Waals surface area contributed by atoms with Crippen LogP contribution in [0.4, 0.5) is 11.4 Å². The van der Waals surface area contributed by atoms with Crippen molar-refractivity contribution in [1.29, 1.82) is 0 Å². The van der Waals surface area contributed by atoms with Crippen LogP contribution in [0.2, 0.25) is 0 Å². The normalized spacial score (nSPS) is 12.8. The molecule has 0 aliphatic heterocycles. The van der Waals surface area contributed by atoms with Gasteiger partial charge in [-0.1, -0.05) is 0 Å². The molecule has 0 fully saturated rings.